The first-order valence-electron chi connectivity index (χ1n) is 4.80. The highest BCUT2D eigenvalue weighted by atomic mass is 35.5. The van der Waals surface area contributed by atoms with Gasteiger partial charge in [-0.25, -0.2) is 15.0 Å². The number of halogens is 1. The molecule has 84 valence electrons. The summed E-state index contributed by atoms with van der Waals surface area (Å²) in [6.45, 7) is 4.21. The topological polar surface area (TPSA) is 63.8 Å². The molecule has 0 bridgehead atoms. The SMILES string of the molecule is Cc1nc(CNc2nccnc2Cl)oc1C. The van der Waals surface area contributed by atoms with Gasteiger partial charge < -0.3 is 9.73 Å². The molecule has 1 N–H and O–H groups in total. The number of rotatable bonds is 3. The van der Waals surface area contributed by atoms with Crippen molar-refractivity contribution in [2.45, 2.75) is 20.4 Å². The van der Waals surface area contributed by atoms with Gasteiger partial charge in [-0.2, -0.15) is 0 Å². The van der Waals surface area contributed by atoms with Gasteiger partial charge in [0.2, 0.25) is 5.89 Å². The van der Waals surface area contributed by atoms with Crippen LogP contribution in [0.25, 0.3) is 0 Å². The lowest BCUT2D eigenvalue weighted by atomic mass is 10.4. The highest BCUT2D eigenvalue weighted by Crippen LogP contribution is 2.15. The van der Waals surface area contributed by atoms with Gasteiger partial charge in [0.05, 0.1) is 12.2 Å². The number of hydrogen-bond donors (Lipinski definition) is 1. The molecule has 0 radical (unpaired) electrons. The molecule has 0 aliphatic rings. The molecule has 0 aliphatic carbocycles. The van der Waals surface area contributed by atoms with Crippen molar-refractivity contribution in [3.05, 3.63) is 34.9 Å². The highest BCUT2D eigenvalue weighted by Gasteiger charge is 2.07. The average molecular weight is 239 g/mol. The molecular formula is C10H11ClN4O. The van der Waals surface area contributed by atoms with Crippen LogP contribution in [-0.2, 0) is 6.54 Å². The van der Waals surface area contributed by atoms with Gasteiger partial charge in [-0.05, 0) is 13.8 Å². The Bertz CT molecular complexity index is 478. The Morgan fingerprint density at radius 2 is 2.06 bits per heavy atom. The largest absolute Gasteiger partial charge is 0.444 e. The zero-order chi connectivity index (χ0) is 11.5. The van der Waals surface area contributed by atoms with Crippen LogP contribution in [-0.4, -0.2) is 15.0 Å². The molecule has 16 heavy (non-hydrogen) atoms. The van der Waals surface area contributed by atoms with E-state index in [1.807, 2.05) is 13.8 Å². The first-order valence-corrected chi connectivity index (χ1v) is 5.18. The minimum absolute atomic E-state index is 0.336. The molecule has 2 heterocycles. The Kier molecular flexibility index (Phi) is 3.05. The lowest BCUT2D eigenvalue weighted by Gasteiger charge is -2.02. The number of oxazole rings is 1. The van der Waals surface area contributed by atoms with E-state index in [9.17, 15) is 0 Å². The van der Waals surface area contributed by atoms with Crippen LogP contribution in [0.4, 0.5) is 5.82 Å². The van der Waals surface area contributed by atoms with Gasteiger partial charge in [0.15, 0.2) is 11.0 Å². The van der Waals surface area contributed by atoms with Crippen molar-refractivity contribution in [3.63, 3.8) is 0 Å². The van der Waals surface area contributed by atoms with E-state index in [1.165, 1.54) is 6.20 Å². The third kappa shape index (κ3) is 2.30. The van der Waals surface area contributed by atoms with Crippen molar-refractivity contribution < 1.29 is 4.42 Å². The van der Waals surface area contributed by atoms with Gasteiger partial charge in [-0.1, -0.05) is 11.6 Å². The van der Waals surface area contributed by atoms with Crippen molar-refractivity contribution in [1.82, 2.24) is 15.0 Å². The average Bonchev–Trinajstić information content (AvgIpc) is 2.57. The molecule has 0 fully saturated rings. The van der Waals surface area contributed by atoms with Crippen molar-refractivity contribution in [1.29, 1.82) is 0 Å². The second kappa shape index (κ2) is 4.49. The second-order valence-corrected chi connectivity index (χ2v) is 3.66. The molecule has 0 amide bonds. The molecule has 2 rings (SSSR count). The smallest absolute Gasteiger partial charge is 0.213 e. The monoisotopic (exact) mass is 238 g/mol. The van der Waals surface area contributed by atoms with Crippen LogP contribution in [0.3, 0.4) is 0 Å². The first-order chi connectivity index (χ1) is 7.66. The fourth-order valence-electron chi connectivity index (χ4n) is 1.21. The molecule has 2 aromatic heterocycles. The molecule has 0 spiro atoms. The fraction of sp³-hybridized carbons (Fsp3) is 0.300. The van der Waals surface area contributed by atoms with E-state index >= 15 is 0 Å². The first kappa shape index (κ1) is 10.9. The maximum Gasteiger partial charge on any atom is 0.213 e. The summed E-state index contributed by atoms with van der Waals surface area (Å²) in [6, 6.07) is 0. The molecule has 0 saturated heterocycles. The fourth-order valence-corrected chi connectivity index (χ4v) is 1.39. The van der Waals surface area contributed by atoms with Crippen molar-refractivity contribution in [3.8, 4) is 0 Å². The predicted molar refractivity (Wildman–Crippen MR) is 60.3 cm³/mol. The number of hydrogen-bond acceptors (Lipinski definition) is 5. The van der Waals surface area contributed by atoms with Crippen molar-refractivity contribution >= 4 is 17.4 Å². The van der Waals surface area contributed by atoms with E-state index in [0.29, 0.717) is 23.4 Å². The van der Waals surface area contributed by atoms with Gasteiger partial charge >= 0.3 is 0 Å². The lowest BCUT2D eigenvalue weighted by molar-refractivity contribution is 0.478. The summed E-state index contributed by atoms with van der Waals surface area (Å²) >= 11 is 5.84. The Morgan fingerprint density at radius 3 is 2.69 bits per heavy atom. The van der Waals surface area contributed by atoms with Crippen LogP contribution >= 0.6 is 11.6 Å². The quantitative estimate of drug-likeness (QED) is 0.889. The Balaban J connectivity index is 2.05. The normalized spacial score (nSPS) is 10.4. The number of nitrogens with zero attached hydrogens (tertiary/aromatic N) is 3. The number of aryl methyl sites for hydroxylation is 2. The number of aromatic nitrogens is 3. The lowest BCUT2D eigenvalue weighted by Crippen LogP contribution is -2.02. The Morgan fingerprint density at radius 1 is 1.31 bits per heavy atom. The van der Waals surface area contributed by atoms with Gasteiger partial charge in [-0.15, -0.1) is 0 Å². The third-order valence-electron chi connectivity index (χ3n) is 2.13. The van der Waals surface area contributed by atoms with Gasteiger partial charge in [0, 0.05) is 12.4 Å². The molecule has 5 nitrogen and oxygen atoms in total. The summed E-state index contributed by atoms with van der Waals surface area (Å²) < 4.78 is 5.41. The summed E-state index contributed by atoms with van der Waals surface area (Å²) in [6.07, 6.45) is 3.10. The van der Waals surface area contributed by atoms with E-state index < -0.39 is 0 Å². The number of nitrogens with one attached hydrogen (secondary N) is 1. The molecular weight excluding hydrogens is 228 g/mol. The summed E-state index contributed by atoms with van der Waals surface area (Å²) in [5.41, 5.74) is 0.891. The molecule has 0 saturated carbocycles. The van der Waals surface area contributed by atoms with Gasteiger partial charge in [-0.3, -0.25) is 0 Å². The maximum atomic E-state index is 5.84. The van der Waals surface area contributed by atoms with Gasteiger partial charge in [0.1, 0.15) is 5.76 Å². The second-order valence-electron chi connectivity index (χ2n) is 3.30. The Hall–Kier alpha value is -1.62. The maximum absolute atomic E-state index is 5.84. The highest BCUT2D eigenvalue weighted by molar-refractivity contribution is 6.31. The molecule has 0 aliphatic heterocycles. The van der Waals surface area contributed by atoms with E-state index in [2.05, 4.69) is 20.3 Å². The van der Waals surface area contributed by atoms with Crippen LogP contribution in [0.15, 0.2) is 16.8 Å². The molecule has 2 aromatic rings. The van der Waals surface area contributed by atoms with Gasteiger partial charge in [0.25, 0.3) is 0 Å². The molecule has 0 unspecified atom stereocenters. The zero-order valence-corrected chi connectivity index (χ0v) is 9.75. The van der Waals surface area contributed by atoms with Crippen molar-refractivity contribution in [2.75, 3.05) is 5.32 Å². The van der Waals surface area contributed by atoms with Crippen LogP contribution in [0.1, 0.15) is 17.3 Å². The standard InChI is InChI=1S/C10H11ClN4O/c1-6-7(2)16-8(15-6)5-14-10-9(11)12-3-4-13-10/h3-4H,5H2,1-2H3,(H,13,14). The van der Waals surface area contributed by atoms with E-state index in [1.54, 1.807) is 6.20 Å². The van der Waals surface area contributed by atoms with E-state index in [4.69, 9.17) is 16.0 Å². The molecule has 0 atom stereocenters. The third-order valence-corrected chi connectivity index (χ3v) is 2.41. The van der Waals surface area contributed by atoms with E-state index in [-0.39, 0.29) is 0 Å². The molecule has 6 heteroatoms. The van der Waals surface area contributed by atoms with E-state index in [0.717, 1.165) is 11.5 Å². The zero-order valence-electron chi connectivity index (χ0n) is 8.99. The van der Waals surface area contributed by atoms with Crippen molar-refractivity contribution in [2.24, 2.45) is 0 Å². The minimum atomic E-state index is 0.336. The summed E-state index contributed by atoms with van der Waals surface area (Å²) in [5.74, 6) is 1.96. The number of anilines is 1. The minimum Gasteiger partial charge on any atom is -0.444 e. The summed E-state index contributed by atoms with van der Waals surface area (Å²) in [4.78, 5) is 12.2. The van der Waals surface area contributed by atoms with Crippen LogP contribution < -0.4 is 5.32 Å². The van der Waals surface area contributed by atoms with Crippen LogP contribution in [0.5, 0.6) is 0 Å². The summed E-state index contributed by atoms with van der Waals surface area (Å²) in [5, 5.41) is 3.34. The summed E-state index contributed by atoms with van der Waals surface area (Å²) in [7, 11) is 0. The Labute approximate surface area is 97.9 Å². The van der Waals surface area contributed by atoms with Crippen LogP contribution in [0, 0.1) is 13.8 Å². The van der Waals surface area contributed by atoms with Crippen LogP contribution in [0.2, 0.25) is 5.15 Å². The molecule has 0 aromatic carbocycles. The predicted octanol–water partition coefficient (Wildman–Crippen LogP) is 2.35.